The number of nitrogens with zero attached hydrogens (tertiary/aromatic N) is 2. The van der Waals surface area contributed by atoms with Crippen LogP contribution in [0.3, 0.4) is 0 Å². The molecule has 32 heavy (non-hydrogen) atoms. The summed E-state index contributed by atoms with van der Waals surface area (Å²) < 4.78 is 22.4. The van der Waals surface area contributed by atoms with Crippen LogP contribution in [0.5, 0.6) is 5.75 Å². The van der Waals surface area contributed by atoms with E-state index in [1.807, 2.05) is 19.1 Å². The zero-order valence-corrected chi connectivity index (χ0v) is 18.3. The highest BCUT2D eigenvalue weighted by molar-refractivity contribution is 6.31. The molecule has 1 atom stereocenters. The highest BCUT2D eigenvalue weighted by Crippen LogP contribution is 2.38. The second kappa shape index (κ2) is 9.02. The molecule has 0 radical (unpaired) electrons. The molecule has 8 heteroatoms. The van der Waals surface area contributed by atoms with Crippen molar-refractivity contribution in [3.8, 4) is 22.8 Å². The van der Waals surface area contributed by atoms with Gasteiger partial charge in [0.25, 0.3) is 6.36 Å². The van der Waals surface area contributed by atoms with Crippen LogP contribution < -0.4 is 4.74 Å². The van der Waals surface area contributed by atoms with Gasteiger partial charge in [-0.25, -0.2) is 9.78 Å². The van der Waals surface area contributed by atoms with E-state index in [-0.39, 0.29) is 22.0 Å². The fourth-order valence-electron chi connectivity index (χ4n) is 3.36. The minimum atomic E-state index is -1.80. The number of alkyl halides is 1. The van der Waals surface area contributed by atoms with Crippen molar-refractivity contribution < 1.29 is 19.0 Å². The largest absolute Gasteiger partial charge is 0.477 e. The van der Waals surface area contributed by atoms with Crippen LogP contribution in [0.2, 0.25) is 10.0 Å². The summed E-state index contributed by atoms with van der Waals surface area (Å²) >= 11 is 12.4. The molecule has 4 aromatic rings. The Hall–Kier alpha value is -3.35. The summed E-state index contributed by atoms with van der Waals surface area (Å²) in [5.74, 6) is -0.489. The van der Waals surface area contributed by atoms with Crippen LogP contribution in [-0.4, -0.2) is 20.6 Å². The van der Waals surface area contributed by atoms with Gasteiger partial charge in [0.05, 0.1) is 10.7 Å². The molecule has 1 unspecified atom stereocenters. The Morgan fingerprint density at radius 2 is 1.84 bits per heavy atom. The molecule has 4 rings (SSSR count). The summed E-state index contributed by atoms with van der Waals surface area (Å²) in [5.41, 5.74) is 2.04. The van der Waals surface area contributed by atoms with Crippen molar-refractivity contribution in [2.24, 2.45) is 0 Å². The standard InChI is InChI=1S/C24H17Cl2FN2O3/c1-14-9-11-20(29(14)22-8-4-7-19(28-22)24(30)31)17-13-15(25)10-12-21(17)32-23(27)16-5-2-3-6-18(16)26/h2-13,23H,1H3,(H,30,31). The minimum absolute atomic E-state index is 0.0911. The number of ether oxygens (including phenoxy) is 1. The van der Waals surface area contributed by atoms with Gasteiger partial charge >= 0.3 is 5.97 Å². The van der Waals surface area contributed by atoms with Crippen molar-refractivity contribution in [1.29, 1.82) is 0 Å². The van der Waals surface area contributed by atoms with E-state index in [0.717, 1.165) is 5.69 Å². The summed E-state index contributed by atoms with van der Waals surface area (Å²) in [7, 11) is 0. The number of carbonyl (C=O) groups is 1. The molecular weight excluding hydrogens is 454 g/mol. The van der Waals surface area contributed by atoms with Crippen molar-refractivity contribution in [1.82, 2.24) is 9.55 Å². The first kappa shape index (κ1) is 21.9. The van der Waals surface area contributed by atoms with Gasteiger partial charge in [-0.1, -0.05) is 47.5 Å². The molecule has 0 fully saturated rings. The fraction of sp³-hybridized carbons (Fsp3) is 0.0833. The van der Waals surface area contributed by atoms with E-state index < -0.39 is 12.3 Å². The first-order valence-corrected chi connectivity index (χ1v) is 10.3. The summed E-state index contributed by atoms with van der Waals surface area (Å²) in [4.78, 5) is 15.6. The van der Waals surface area contributed by atoms with Crippen molar-refractivity contribution >= 4 is 29.2 Å². The lowest BCUT2D eigenvalue weighted by Gasteiger charge is -2.18. The van der Waals surface area contributed by atoms with Gasteiger partial charge in [0, 0.05) is 21.8 Å². The number of rotatable bonds is 6. The summed E-state index contributed by atoms with van der Waals surface area (Å²) in [6, 6.07) is 19.7. The zero-order valence-electron chi connectivity index (χ0n) is 16.8. The molecule has 0 saturated heterocycles. The molecule has 0 spiro atoms. The van der Waals surface area contributed by atoms with Crippen LogP contribution in [0, 0.1) is 6.92 Å². The lowest BCUT2D eigenvalue weighted by Crippen LogP contribution is -2.08. The Morgan fingerprint density at radius 3 is 2.59 bits per heavy atom. The maximum Gasteiger partial charge on any atom is 0.354 e. The number of halogens is 3. The predicted octanol–water partition coefficient (Wildman–Crippen LogP) is 6.90. The molecule has 0 aliphatic rings. The first-order valence-electron chi connectivity index (χ1n) is 9.59. The number of benzene rings is 2. The van der Waals surface area contributed by atoms with Crippen LogP contribution in [0.25, 0.3) is 17.1 Å². The Balaban J connectivity index is 1.81. The highest BCUT2D eigenvalue weighted by Gasteiger charge is 2.20. The molecule has 2 aromatic carbocycles. The van der Waals surface area contributed by atoms with Gasteiger partial charge in [0.1, 0.15) is 11.6 Å². The number of aryl methyl sites for hydroxylation is 1. The highest BCUT2D eigenvalue weighted by atomic mass is 35.5. The third-order valence-corrected chi connectivity index (χ3v) is 5.44. The van der Waals surface area contributed by atoms with Gasteiger partial charge in [0.15, 0.2) is 5.69 Å². The van der Waals surface area contributed by atoms with Crippen molar-refractivity contribution in [3.05, 3.63) is 99.8 Å². The molecular formula is C24H17Cl2FN2O3. The zero-order chi connectivity index (χ0) is 22.8. The number of carboxylic acid groups (broad SMARTS) is 1. The molecule has 0 bridgehead atoms. The molecule has 2 aromatic heterocycles. The van der Waals surface area contributed by atoms with E-state index in [0.29, 0.717) is 22.1 Å². The summed E-state index contributed by atoms with van der Waals surface area (Å²) in [5, 5.41) is 9.99. The van der Waals surface area contributed by atoms with Gasteiger partial charge in [-0.3, -0.25) is 4.57 Å². The molecule has 5 nitrogen and oxygen atoms in total. The van der Waals surface area contributed by atoms with E-state index in [4.69, 9.17) is 27.9 Å². The molecule has 2 heterocycles. The average Bonchev–Trinajstić information content (AvgIpc) is 3.16. The van der Waals surface area contributed by atoms with Gasteiger partial charge in [-0.2, -0.15) is 4.39 Å². The lowest BCUT2D eigenvalue weighted by molar-refractivity contribution is 0.0675. The fourth-order valence-corrected chi connectivity index (χ4v) is 3.75. The van der Waals surface area contributed by atoms with Crippen LogP contribution in [0.1, 0.15) is 28.1 Å². The number of hydrogen-bond donors (Lipinski definition) is 1. The van der Waals surface area contributed by atoms with Gasteiger partial charge in [-0.05, 0) is 55.5 Å². The summed E-state index contributed by atoms with van der Waals surface area (Å²) in [6.45, 7) is 1.85. The Kier molecular flexibility index (Phi) is 6.17. The van der Waals surface area contributed by atoms with Crippen molar-refractivity contribution in [2.75, 3.05) is 0 Å². The van der Waals surface area contributed by atoms with E-state index >= 15 is 4.39 Å². The second-order valence-corrected chi connectivity index (χ2v) is 7.82. The van der Waals surface area contributed by atoms with E-state index in [2.05, 4.69) is 4.98 Å². The number of hydrogen-bond acceptors (Lipinski definition) is 3. The maximum absolute atomic E-state index is 15.0. The molecule has 0 amide bonds. The lowest BCUT2D eigenvalue weighted by atomic mass is 10.1. The Labute approximate surface area is 193 Å². The van der Waals surface area contributed by atoms with E-state index in [9.17, 15) is 9.90 Å². The average molecular weight is 471 g/mol. The number of aromatic carboxylic acids is 1. The van der Waals surface area contributed by atoms with E-state index in [1.165, 1.54) is 6.07 Å². The molecule has 1 N–H and O–H groups in total. The smallest absolute Gasteiger partial charge is 0.354 e. The molecule has 162 valence electrons. The molecule has 0 aliphatic carbocycles. The minimum Gasteiger partial charge on any atom is -0.477 e. The van der Waals surface area contributed by atoms with Crippen molar-refractivity contribution in [3.63, 3.8) is 0 Å². The third-order valence-electron chi connectivity index (χ3n) is 4.86. The topological polar surface area (TPSA) is 64.3 Å². The SMILES string of the molecule is Cc1ccc(-c2cc(Cl)ccc2OC(F)c2ccccc2Cl)n1-c1cccc(C(=O)O)n1. The van der Waals surface area contributed by atoms with Crippen LogP contribution >= 0.6 is 23.2 Å². The van der Waals surface area contributed by atoms with Crippen LogP contribution in [-0.2, 0) is 0 Å². The monoisotopic (exact) mass is 470 g/mol. The maximum atomic E-state index is 15.0. The summed E-state index contributed by atoms with van der Waals surface area (Å²) in [6.07, 6.45) is -1.80. The second-order valence-electron chi connectivity index (χ2n) is 6.98. The predicted molar refractivity (Wildman–Crippen MR) is 122 cm³/mol. The van der Waals surface area contributed by atoms with Gasteiger partial charge in [-0.15, -0.1) is 0 Å². The normalized spacial score (nSPS) is 11.9. The third kappa shape index (κ3) is 4.33. The van der Waals surface area contributed by atoms with Crippen molar-refractivity contribution in [2.45, 2.75) is 13.3 Å². The Morgan fingerprint density at radius 1 is 1.06 bits per heavy atom. The first-order chi connectivity index (χ1) is 15.3. The van der Waals surface area contributed by atoms with Crippen LogP contribution in [0.4, 0.5) is 4.39 Å². The quantitative estimate of drug-likeness (QED) is 0.332. The molecule has 0 aliphatic heterocycles. The Bertz CT molecular complexity index is 1310. The van der Waals surface area contributed by atoms with Gasteiger partial charge in [0.2, 0.25) is 0 Å². The van der Waals surface area contributed by atoms with E-state index in [1.54, 1.807) is 59.2 Å². The molecule has 0 saturated carbocycles. The van der Waals surface area contributed by atoms with Gasteiger partial charge < -0.3 is 9.84 Å². The number of pyridine rings is 1. The van der Waals surface area contributed by atoms with Crippen LogP contribution in [0.15, 0.2) is 72.8 Å². The number of aromatic nitrogens is 2. The number of carboxylic acids is 1.